The van der Waals surface area contributed by atoms with E-state index in [9.17, 15) is 0 Å². The molecule has 58 valence electrons. The minimum Gasteiger partial charge on any atom is -0.103 e. The lowest BCUT2D eigenvalue weighted by atomic mass is 9.80. The monoisotopic (exact) mass is 138 g/mol. The van der Waals surface area contributed by atoms with Crippen molar-refractivity contribution in [2.24, 2.45) is 11.8 Å². The van der Waals surface area contributed by atoms with Crippen LogP contribution in [-0.2, 0) is 0 Å². The Morgan fingerprint density at radius 3 is 2.90 bits per heavy atom. The first-order valence-electron chi connectivity index (χ1n) is 4.49. The highest BCUT2D eigenvalue weighted by Crippen LogP contribution is 2.31. The van der Waals surface area contributed by atoms with Gasteiger partial charge in [-0.3, -0.25) is 0 Å². The largest absolute Gasteiger partial charge is 0.103 e. The van der Waals surface area contributed by atoms with E-state index in [1.165, 1.54) is 32.1 Å². The van der Waals surface area contributed by atoms with Gasteiger partial charge in [-0.1, -0.05) is 32.3 Å². The smallest absolute Gasteiger partial charge is 0.0234 e. The Balaban J connectivity index is 2.31. The second-order valence-corrected chi connectivity index (χ2v) is 3.44. The van der Waals surface area contributed by atoms with E-state index in [4.69, 9.17) is 0 Å². The Bertz CT molecular complexity index is 105. The Labute approximate surface area is 64.3 Å². The maximum atomic E-state index is 3.85. The zero-order chi connectivity index (χ0) is 7.40. The first-order chi connectivity index (χ1) is 4.86. The second kappa shape index (κ2) is 3.80. The van der Waals surface area contributed by atoms with Crippen LogP contribution in [0.5, 0.6) is 0 Å². The van der Waals surface area contributed by atoms with Gasteiger partial charge in [0.25, 0.3) is 0 Å². The molecule has 0 saturated heterocycles. The Morgan fingerprint density at radius 1 is 1.50 bits per heavy atom. The third-order valence-electron chi connectivity index (χ3n) is 2.73. The molecule has 1 saturated carbocycles. The average molecular weight is 138 g/mol. The molecule has 0 spiro atoms. The van der Waals surface area contributed by atoms with Crippen LogP contribution in [0.1, 0.15) is 39.0 Å². The summed E-state index contributed by atoms with van der Waals surface area (Å²) >= 11 is 0. The highest BCUT2D eigenvalue weighted by Gasteiger charge is 2.17. The Morgan fingerprint density at radius 2 is 2.30 bits per heavy atom. The van der Waals surface area contributed by atoms with E-state index < -0.39 is 0 Å². The summed E-state index contributed by atoms with van der Waals surface area (Å²) in [6.45, 7) is 6.15. The van der Waals surface area contributed by atoms with Gasteiger partial charge < -0.3 is 0 Å². The molecule has 1 aliphatic rings. The topological polar surface area (TPSA) is 0 Å². The van der Waals surface area contributed by atoms with Crippen molar-refractivity contribution in [2.75, 3.05) is 0 Å². The molecule has 0 aromatic rings. The first kappa shape index (κ1) is 7.84. The number of hydrogen-bond donors (Lipinski definition) is 0. The molecule has 0 heterocycles. The quantitative estimate of drug-likeness (QED) is 0.513. The molecule has 2 atom stereocenters. The van der Waals surface area contributed by atoms with Crippen LogP contribution < -0.4 is 0 Å². The van der Waals surface area contributed by atoms with E-state index in [1.54, 1.807) is 0 Å². The highest BCUT2D eigenvalue weighted by molar-refractivity contribution is 4.84. The minimum atomic E-state index is 0.832. The van der Waals surface area contributed by atoms with Crippen LogP contribution in [0, 0.1) is 11.8 Å². The molecule has 0 nitrogen and oxygen atoms in total. The summed E-state index contributed by atoms with van der Waals surface area (Å²) in [4.78, 5) is 0. The van der Waals surface area contributed by atoms with E-state index in [0.29, 0.717) is 0 Å². The van der Waals surface area contributed by atoms with Gasteiger partial charge in [-0.05, 0) is 24.7 Å². The van der Waals surface area contributed by atoms with E-state index in [2.05, 4.69) is 19.6 Å². The predicted octanol–water partition coefficient (Wildman–Crippen LogP) is 3.39. The van der Waals surface area contributed by atoms with Gasteiger partial charge in [-0.25, -0.2) is 0 Å². The van der Waals surface area contributed by atoms with E-state index in [0.717, 1.165) is 11.8 Å². The van der Waals surface area contributed by atoms with Crippen molar-refractivity contribution in [1.82, 2.24) is 0 Å². The minimum absolute atomic E-state index is 0.832. The fourth-order valence-corrected chi connectivity index (χ4v) is 1.92. The summed E-state index contributed by atoms with van der Waals surface area (Å²) in [7, 11) is 0. The van der Waals surface area contributed by atoms with Gasteiger partial charge in [-0.2, -0.15) is 0 Å². The SMILES string of the molecule is C=CC1CCCC(CC)C1. The zero-order valence-corrected chi connectivity index (χ0v) is 6.97. The van der Waals surface area contributed by atoms with Crippen molar-refractivity contribution in [1.29, 1.82) is 0 Å². The molecule has 10 heavy (non-hydrogen) atoms. The van der Waals surface area contributed by atoms with Gasteiger partial charge in [0.2, 0.25) is 0 Å². The van der Waals surface area contributed by atoms with Gasteiger partial charge in [0.1, 0.15) is 0 Å². The Hall–Kier alpha value is -0.260. The van der Waals surface area contributed by atoms with Crippen LogP contribution in [-0.4, -0.2) is 0 Å². The lowest BCUT2D eigenvalue weighted by molar-refractivity contribution is 0.298. The molecular formula is C10H18. The van der Waals surface area contributed by atoms with E-state index in [-0.39, 0.29) is 0 Å². The van der Waals surface area contributed by atoms with Gasteiger partial charge in [-0.15, -0.1) is 6.58 Å². The van der Waals surface area contributed by atoms with E-state index >= 15 is 0 Å². The maximum absolute atomic E-state index is 3.85. The van der Waals surface area contributed by atoms with Gasteiger partial charge in [0, 0.05) is 0 Å². The highest BCUT2D eigenvalue weighted by atomic mass is 14.2. The Kier molecular flexibility index (Phi) is 2.98. The maximum Gasteiger partial charge on any atom is -0.0234 e. The van der Waals surface area contributed by atoms with Gasteiger partial charge >= 0.3 is 0 Å². The lowest BCUT2D eigenvalue weighted by Gasteiger charge is -2.25. The summed E-state index contributed by atoms with van der Waals surface area (Å²) in [6.07, 6.45) is 9.18. The zero-order valence-electron chi connectivity index (χ0n) is 6.97. The lowest BCUT2D eigenvalue weighted by Crippen LogP contribution is -2.12. The summed E-state index contributed by atoms with van der Waals surface area (Å²) in [5.74, 6) is 1.83. The average Bonchev–Trinajstić information content (AvgIpc) is 2.05. The molecule has 0 aromatic heterocycles. The second-order valence-electron chi connectivity index (χ2n) is 3.44. The molecule has 0 aliphatic heterocycles. The number of hydrogen-bond acceptors (Lipinski definition) is 0. The number of rotatable bonds is 2. The van der Waals surface area contributed by atoms with Gasteiger partial charge in [0.15, 0.2) is 0 Å². The molecule has 0 heteroatoms. The molecule has 1 fully saturated rings. The molecule has 1 aliphatic carbocycles. The van der Waals surface area contributed by atoms with Crippen LogP contribution in [0.2, 0.25) is 0 Å². The third kappa shape index (κ3) is 1.86. The summed E-state index contributed by atoms with van der Waals surface area (Å²) < 4.78 is 0. The van der Waals surface area contributed by atoms with Crippen LogP contribution in [0.15, 0.2) is 12.7 Å². The predicted molar refractivity (Wildman–Crippen MR) is 45.9 cm³/mol. The molecule has 0 radical (unpaired) electrons. The fraction of sp³-hybridized carbons (Fsp3) is 0.800. The van der Waals surface area contributed by atoms with Crippen molar-refractivity contribution < 1.29 is 0 Å². The van der Waals surface area contributed by atoms with Gasteiger partial charge in [0.05, 0.1) is 0 Å². The molecule has 0 N–H and O–H groups in total. The fourth-order valence-electron chi connectivity index (χ4n) is 1.92. The molecule has 0 bridgehead atoms. The van der Waals surface area contributed by atoms with Crippen LogP contribution in [0.3, 0.4) is 0 Å². The summed E-state index contributed by atoms with van der Waals surface area (Å²) in [5.41, 5.74) is 0. The summed E-state index contributed by atoms with van der Waals surface area (Å²) in [6, 6.07) is 0. The molecule has 2 unspecified atom stereocenters. The normalized spacial score (nSPS) is 33.7. The van der Waals surface area contributed by atoms with Crippen molar-refractivity contribution in [3.63, 3.8) is 0 Å². The standard InChI is InChI=1S/C10H18/c1-3-9-6-5-7-10(4-2)8-9/h3,9-10H,1,4-8H2,2H3. The molecule has 0 aromatic carbocycles. The molecule has 0 amide bonds. The van der Waals surface area contributed by atoms with Crippen LogP contribution >= 0.6 is 0 Å². The summed E-state index contributed by atoms with van der Waals surface area (Å²) in [5, 5.41) is 0. The van der Waals surface area contributed by atoms with Crippen molar-refractivity contribution in [3.8, 4) is 0 Å². The van der Waals surface area contributed by atoms with E-state index in [1.807, 2.05) is 0 Å². The van der Waals surface area contributed by atoms with Crippen molar-refractivity contribution >= 4 is 0 Å². The van der Waals surface area contributed by atoms with Crippen LogP contribution in [0.4, 0.5) is 0 Å². The van der Waals surface area contributed by atoms with Crippen molar-refractivity contribution in [3.05, 3.63) is 12.7 Å². The third-order valence-corrected chi connectivity index (χ3v) is 2.73. The molecular weight excluding hydrogens is 120 g/mol. The van der Waals surface area contributed by atoms with Crippen LogP contribution in [0.25, 0.3) is 0 Å². The van der Waals surface area contributed by atoms with Crippen molar-refractivity contribution in [2.45, 2.75) is 39.0 Å². The number of allylic oxidation sites excluding steroid dienone is 1. The first-order valence-corrected chi connectivity index (χ1v) is 4.49. The molecule has 1 rings (SSSR count).